The van der Waals surface area contributed by atoms with E-state index in [2.05, 4.69) is 41.5 Å². The summed E-state index contributed by atoms with van der Waals surface area (Å²) in [6.07, 6.45) is 5.28. The topological polar surface area (TPSA) is 34.1 Å². The molecule has 0 saturated heterocycles. The third kappa shape index (κ3) is 1.48. The minimum absolute atomic E-state index is 0.106. The van der Waals surface area contributed by atoms with Crippen LogP contribution in [0.15, 0.2) is 0 Å². The molecular formula is C21H32O2. The molecule has 0 aliphatic heterocycles. The molecule has 4 saturated carbocycles. The van der Waals surface area contributed by atoms with Crippen LogP contribution in [0.2, 0.25) is 0 Å². The summed E-state index contributed by atoms with van der Waals surface area (Å²) < 4.78 is 0. The average Bonchev–Trinajstić information content (AvgIpc) is 2.93. The Morgan fingerprint density at radius 2 is 1.09 bits per heavy atom. The molecule has 0 aromatic heterocycles. The average molecular weight is 316 g/mol. The molecule has 0 spiro atoms. The van der Waals surface area contributed by atoms with Crippen molar-refractivity contribution in [3.63, 3.8) is 0 Å². The van der Waals surface area contributed by atoms with E-state index < -0.39 is 0 Å². The molecule has 4 rings (SSSR count). The van der Waals surface area contributed by atoms with E-state index in [0.29, 0.717) is 23.4 Å². The van der Waals surface area contributed by atoms with Crippen LogP contribution < -0.4 is 0 Å². The van der Waals surface area contributed by atoms with Crippen molar-refractivity contribution in [2.24, 2.45) is 45.3 Å². The molecule has 2 nitrogen and oxygen atoms in total. The van der Waals surface area contributed by atoms with Crippen molar-refractivity contribution in [3.05, 3.63) is 0 Å². The first-order chi connectivity index (χ1) is 10.5. The maximum Gasteiger partial charge on any atom is 0.142 e. The van der Waals surface area contributed by atoms with Crippen molar-refractivity contribution in [3.8, 4) is 0 Å². The van der Waals surface area contributed by atoms with E-state index in [0.717, 1.165) is 19.3 Å². The Bertz CT molecular complexity index is 549. The smallest absolute Gasteiger partial charge is 0.142 e. The summed E-state index contributed by atoms with van der Waals surface area (Å²) in [5.74, 6) is 2.19. The number of rotatable bonds is 2. The highest BCUT2D eigenvalue weighted by atomic mass is 16.1. The van der Waals surface area contributed by atoms with Crippen LogP contribution in [0.3, 0.4) is 0 Å². The van der Waals surface area contributed by atoms with Gasteiger partial charge in [0.05, 0.1) is 0 Å². The van der Waals surface area contributed by atoms with E-state index in [1.54, 1.807) is 0 Å². The van der Waals surface area contributed by atoms with Gasteiger partial charge in [0.25, 0.3) is 0 Å². The summed E-state index contributed by atoms with van der Waals surface area (Å²) >= 11 is 0. The Morgan fingerprint density at radius 3 is 1.35 bits per heavy atom. The van der Waals surface area contributed by atoms with Gasteiger partial charge >= 0.3 is 0 Å². The van der Waals surface area contributed by atoms with Gasteiger partial charge in [-0.25, -0.2) is 0 Å². The minimum atomic E-state index is -0.150. The Hall–Kier alpha value is -0.660. The van der Waals surface area contributed by atoms with Crippen LogP contribution in [-0.4, -0.2) is 11.6 Å². The van der Waals surface area contributed by atoms with Crippen LogP contribution in [0.25, 0.3) is 0 Å². The molecular weight excluding hydrogens is 284 g/mol. The predicted molar refractivity (Wildman–Crippen MR) is 90.8 cm³/mol. The minimum Gasteiger partial charge on any atom is -0.299 e. The molecule has 0 aromatic carbocycles. The predicted octanol–water partition coefficient (Wildman–Crippen LogP) is 4.66. The summed E-state index contributed by atoms with van der Waals surface area (Å²) in [7, 11) is 0. The first-order valence-electron chi connectivity index (χ1n) is 9.57. The summed E-state index contributed by atoms with van der Waals surface area (Å²) in [6, 6.07) is 0. The maximum atomic E-state index is 13.1. The zero-order valence-corrected chi connectivity index (χ0v) is 15.7. The number of hydrogen-bond donors (Lipinski definition) is 0. The van der Waals surface area contributed by atoms with E-state index >= 15 is 0 Å². The summed E-state index contributed by atoms with van der Waals surface area (Å²) in [5.41, 5.74) is -0.0888. The van der Waals surface area contributed by atoms with Gasteiger partial charge in [-0.2, -0.15) is 0 Å². The van der Waals surface area contributed by atoms with Gasteiger partial charge in [0.15, 0.2) is 0 Å². The van der Waals surface area contributed by atoms with Crippen molar-refractivity contribution < 1.29 is 9.59 Å². The molecule has 128 valence electrons. The number of ketones is 2. The van der Waals surface area contributed by atoms with Gasteiger partial charge in [0.2, 0.25) is 0 Å². The molecule has 0 N–H and O–H groups in total. The van der Waals surface area contributed by atoms with Crippen LogP contribution in [0, 0.1) is 45.3 Å². The summed E-state index contributed by atoms with van der Waals surface area (Å²) in [6.45, 7) is 13.5. The monoisotopic (exact) mass is 316 g/mol. The van der Waals surface area contributed by atoms with E-state index in [1.807, 2.05) is 0 Å². The lowest BCUT2D eigenvalue weighted by Gasteiger charge is -2.32. The van der Waals surface area contributed by atoms with Crippen LogP contribution >= 0.6 is 0 Å². The first-order valence-corrected chi connectivity index (χ1v) is 9.57. The summed E-state index contributed by atoms with van der Waals surface area (Å²) in [4.78, 5) is 26.3. The lowest BCUT2D eigenvalue weighted by molar-refractivity contribution is -0.134. The Labute approximate surface area is 140 Å². The van der Waals surface area contributed by atoms with Gasteiger partial charge in [-0.15, -0.1) is 0 Å². The second-order valence-electron chi connectivity index (χ2n) is 10.6. The largest absolute Gasteiger partial charge is 0.299 e. The van der Waals surface area contributed by atoms with E-state index in [1.165, 1.54) is 12.8 Å². The zero-order valence-electron chi connectivity index (χ0n) is 15.7. The number of carbonyl (C=O) groups is 2. The highest BCUT2D eigenvalue weighted by Gasteiger charge is 2.70. The molecule has 0 radical (unpaired) electrons. The molecule has 0 amide bonds. The Kier molecular flexibility index (Phi) is 2.83. The third-order valence-corrected chi connectivity index (χ3v) is 9.85. The molecule has 4 aliphatic carbocycles. The fourth-order valence-electron chi connectivity index (χ4n) is 7.36. The lowest BCUT2D eigenvalue weighted by Crippen LogP contribution is -2.36. The van der Waals surface area contributed by atoms with Crippen LogP contribution in [0.5, 0.6) is 0 Å². The van der Waals surface area contributed by atoms with Gasteiger partial charge in [0, 0.05) is 22.7 Å². The highest BCUT2D eigenvalue weighted by molar-refractivity contribution is 5.94. The molecule has 0 heterocycles. The normalized spacial score (nSPS) is 52.6. The summed E-state index contributed by atoms with van der Waals surface area (Å²) in [5, 5.41) is 0. The highest BCUT2D eigenvalue weighted by Crippen LogP contribution is 2.70. The lowest BCUT2D eigenvalue weighted by atomic mass is 9.70. The fourth-order valence-corrected chi connectivity index (χ4v) is 7.36. The molecule has 23 heavy (non-hydrogen) atoms. The van der Waals surface area contributed by atoms with Crippen molar-refractivity contribution in [2.75, 3.05) is 0 Å². The van der Waals surface area contributed by atoms with Crippen molar-refractivity contribution in [1.29, 1.82) is 0 Å². The zero-order chi connectivity index (χ0) is 17.0. The van der Waals surface area contributed by atoms with Gasteiger partial charge in [-0.1, -0.05) is 41.5 Å². The fraction of sp³-hybridized carbons (Fsp3) is 0.905. The van der Waals surface area contributed by atoms with E-state index in [-0.39, 0.29) is 33.5 Å². The number of hydrogen-bond acceptors (Lipinski definition) is 2. The van der Waals surface area contributed by atoms with Gasteiger partial charge in [0.1, 0.15) is 11.6 Å². The molecule has 4 bridgehead atoms. The number of Topliss-reactive ketones (excluding diaryl/α,β-unsaturated/α-hetero) is 2. The van der Waals surface area contributed by atoms with Crippen molar-refractivity contribution >= 4 is 11.6 Å². The molecule has 6 atom stereocenters. The standard InChI is InChI=1S/C21H32O2/c1-18(2)14-7-9-20(18,5)16(22)12(14)11-13-15-8-10-21(6,17(13)23)19(15,3)4/h12-15H,7-11H2,1-6H3/t12-,13-,14-,15+,20+,21+/m0/s1. The second kappa shape index (κ2) is 4.11. The number of fused-ring (bicyclic) bond motifs is 4. The maximum absolute atomic E-state index is 13.1. The second-order valence-corrected chi connectivity index (χ2v) is 10.6. The molecule has 0 unspecified atom stereocenters. The molecule has 2 heteroatoms. The van der Waals surface area contributed by atoms with Gasteiger partial charge in [-0.3, -0.25) is 9.59 Å². The van der Waals surface area contributed by atoms with E-state index in [4.69, 9.17) is 0 Å². The SMILES string of the molecule is CC1(C)[C@@H]2CC[C@]1(C)C(=O)[C@H]2C[C@@H]1C(=O)[C@@]2(C)CC[C@@H]1C2(C)C. The first kappa shape index (κ1) is 15.8. The van der Waals surface area contributed by atoms with Crippen LogP contribution in [-0.2, 0) is 9.59 Å². The van der Waals surface area contributed by atoms with Crippen LogP contribution in [0.1, 0.15) is 73.6 Å². The third-order valence-electron chi connectivity index (χ3n) is 9.85. The van der Waals surface area contributed by atoms with Crippen LogP contribution in [0.4, 0.5) is 0 Å². The van der Waals surface area contributed by atoms with Crippen molar-refractivity contribution in [1.82, 2.24) is 0 Å². The number of carbonyl (C=O) groups excluding carboxylic acids is 2. The Morgan fingerprint density at radius 1 is 0.739 bits per heavy atom. The Balaban J connectivity index is 1.64. The quantitative estimate of drug-likeness (QED) is 0.742. The van der Waals surface area contributed by atoms with E-state index in [9.17, 15) is 9.59 Å². The van der Waals surface area contributed by atoms with Gasteiger partial charge < -0.3 is 0 Å². The molecule has 0 aromatic rings. The van der Waals surface area contributed by atoms with Gasteiger partial charge in [-0.05, 0) is 54.8 Å². The van der Waals surface area contributed by atoms with Crippen molar-refractivity contribution in [2.45, 2.75) is 73.6 Å². The molecule has 4 fully saturated rings. The molecule has 4 aliphatic rings.